The molecular weight excluding hydrogens is 182 g/mol. The van der Waals surface area contributed by atoms with Crippen LogP contribution in [0.15, 0.2) is 18.2 Å². The van der Waals surface area contributed by atoms with Crippen LogP contribution < -0.4 is 5.32 Å². The Kier molecular flexibility index (Phi) is 2.04. The Hall–Kier alpha value is -1.71. The molecule has 2 rings (SSSR count). The number of phenolic OH excluding ortho intramolecular Hbond substituents is 1. The number of amides is 1. The van der Waals surface area contributed by atoms with Crippen LogP contribution in [0, 0.1) is 6.92 Å². The van der Waals surface area contributed by atoms with Gasteiger partial charge in [0, 0.05) is 0 Å². The number of hydrogen-bond acceptors (Lipinski definition) is 3. The second kappa shape index (κ2) is 3.21. The van der Waals surface area contributed by atoms with Crippen molar-refractivity contribution < 1.29 is 14.6 Å². The van der Waals surface area contributed by atoms with Crippen molar-refractivity contribution >= 4 is 6.09 Å². The van der Waals surface area contributed by atoms with Gasteiger partial charge in [0.25, 0.3) is 0 Å². The highest BCUT2D eigenvalue weighted by Gasteiger charge is 2.23. The van der Waals surface area contributed by atoms with Gasteiger partial charge in [-0.1, -0.05) is 12.1 Å². The summed E-state index contributed by atoms with van der Waals surface area (Å²) in [6, 6.07) is 5.15. The molecule has 0 saturated carbocycles. The number of phenols is 1. The van der Waals surface area contributed by atoms with Gasteiger partial charge in [0.2, 0.25) is 0 Å². The zero-order chi connectivity index (χ0) is 10.1. The van der Waals surface area contributed by atoms with Gasteiger partial charge >= 0.3 is 6.09 Å². The number of aromatic hydroxyl groups is 1. The third kappa shape index (κ3) is 1.51. The zero-order valence-corrected chi connectivity index (χ0v) is 7.78. The van der Waals surface area contributed by atoms with Crippen LogP contribution in [0.3, 0.4) is 0 Å². The molecule has 1 aliphatic rings. The van der Waals surface area contributed by atoms with Gasteiger partial charge in [-0.3, -0.25) is 0 Å². The maximum absolute atomic E-state index is 10.8. The van der Waals surface area contributed by atoms with Crippen LogP contribution in [0.25, 0.3) is 0 Å². The number of alkyl carbamates (subject to hydrolysis) is 1. The van der Waals surface area contributed by atoms with Crippen LogP contribution in [0.1, 0.15) is 17.2 Å². The molecular formula is C10H11NO3. The average molecular weight is 193 g/mol. The number of rotatable bonds is 1. The molecule has 2 N–H and O–H groups in total. The summed E-state index contributed by atoms with van der Waals surface area (Å²) in [4.78, 5) is 10.8. The van der Waals surface area contributed by atoms with E-state index in [1.54, 1.807) is 12.1 Å². The standard InChI is InChI=1S/C10H11NO3/c1-6-4-7(2-3-9(6)12)8-5-14-10(13)11-8/h2-4,8,12H,5H2,1H3,(H,11,13)/t8-/m0/s1. The molecule has 0 aromatic heterocycles. The Bertz CT molecular complexity index is 376. The van der Waals surface area contributed by atoms with E-state index < -0.39 is 0 Å². The second-order valence-electron chi connectivity index (χ2n) is 3.34. The van der Waals surface area contributed by atoms with Crippen LogP contribution in [0.4, 0.5) is 4.79 Å². The molecule has 1 aromatic carbocycles. The van der Waals surface area contributed by atoms with Crippen LogP contribution in [-0.2, 0) is 4.74 Å². The molecule has 1 fully saturated rings. The molecule has 1 saturated heterocycles. The molecule has 0 spiro atoms. The highest BCUT2D eigenvalue weighted by molar-refractivity contribution is 5.70. The monoisotopic (exact) mass is 193 g/mol. The first-order chi connectivity index (χ1) is 6.66. The fourth-order valence-corrected chi connectivity index (χ4v) is 1.46. The number of cyclic esters (lactones) is 1. The van der Waals surface area contributed by atoms with E-state index in [1.165, 1.54) is 0 Å². The van der Waals surface area contributed by atoms with Crippen LogP contribution in [0.2, 0.25) is 0 Å². The SMILES string of the molecule is Cc1cc([C@@H]2COC(=O)N2)ccc1O. The summed E-state index contributed by atoms with van der Waals surface area (Å²) in [5.74, 6) is 0.263. The quantitative estimate of drug-likeness (QED) is 0.710. The van der Waals surface area contributed by atoms with Crippen molar-refractivity contribution in [3.8, 4) is 5.75 Å². The molecule has 1 heterocycles. The fraction of sp³-hybridized carbons (Fsp3) is 0.300. The minimum atomic E-state index is -0.388. The summed E-state index contributed by atoms with van der Waals surface area (Å²) < 4.78 is 4.78. The molecule has 1 aromatic rings. The highest BCUT2D eigenvalue weighted by Crippen LogP contribution is 2.23. The first-order valence-corrected chi connectivity index (χ1v) is 4.39. The Labute approximate surface area is 81.5 Å². The lowest BCUT2D eigenvalue weighted by atomic mass is 10.1. The van der Waals surface area contributed by atoms with Crippen molar-refractivity contribution in [1.82, 2.24) is 5.32 Å². The van der Waals surface area contributed by atoms with Crippen LogP contribution >= 0.6 is 0 Å². The van der Waals surface area contributed by atoms with Crippen molar-refractivity contribution in [2.24, 2.45) is 0 Å². The summed E-state index contributed by atoms with van der Waals surface area (Å²) in [5, 5.41) is 12.0. The smallest absolute Gasteiger partial charge is 0.407 e. The van der Waals surface area contributed by atoms with Gasteiger partial charge in [-0.05, 0) is 24.1 Å². The Morgan fingerprint density at radius 2 is 2.36 bits per heavy atom. The highest BCUT2D eigenvalue weighted by atomic mass is 16.6. The lowest BCUT2D eigenvalue weighted by Crippen LogP contribution is -2.18. The van der Waals surface area contributed by atoms with E-state index >= 15 is 0 Å². The van der Waals surface area contributed by atoms with E-state index in [0.717, 1.165) is 11.1 Å². The summed E-state index contributed by atoms with van der Waals surface area (Å²) >= 11 is 0. The van der Waals surface area contributed by atoms with Crippen LogP contribution in [0.5, 0.6) is 5.75 Å². The van der Waals surface area contributed by atoms with E-state index in [1.807, 2.05) is 13.0 Å². The normalized spacial score (nSPS) is 20.4. The number of carbonyl (C=O) groups excluding carboxylic acids is 1. The minimum absolute atomic E-state index is 0.0956. The molecule has 0 aliphatic carbocycles. The van der Waals surface area contributed by atoms with Gasteiger partial charge < -0.3 is 15.2 Å². The summed E-state index contributed by atoms with van der Waals surface area (Å²) in [7, 11) is 0. The molecule has 0 unspecified atom stereocenters. The van der Waals surface area contributed by atoms with Gasteiger partial charge in [0.15, 0.2) is 0 Å². The number of hydrogen-bond donors (Lipinski definition) is 2. The molecule has 1 atom stereocenters. The van der Waals surface area contributed by atoms with Crippen molar-refractivity contribution in [2.45, 2.75) is 13.0 Å². The first-order valence-electron chi connectivity index (χ1n) is 4.39. The molecule has 0 radical (unpaired) electrons. The summed E-state index contributed by atoms with van der Waals surface area (Å²) in [5.41, 5.74) is 1.75. The number of ether oxygens (including phenoxy) is 1. The average Bonchev–Trinajstić information content (AvgIpc) is 2.57. The lowest BCUT2D eigenvalue weighted by Gasteiger charge is -2.08. The Morgan fingerprint density at radius 1 is 1.57 bits per heavy atom. The van der Waals surface area contributed by atoms with Gasteiger partial charge in [0.1, 0.15) is 12.4 Å². The Balaban J connectivity index is 2.24. The van der Waals surface area contributed by atoms with Gasteiger partial charge in [-0.15, -0.1) is 0 Å². The van der Waals surface area contributed by atoms with E-state index in [9.17, 15) is 9.90 Å². The number of aryl methyl sites for hydroxylation is 1. The largest absolute Gasteiger partial charge is 0.508 e. The number of benzene rings is 1. The maximum Gasteiger partial charge on any atom is 0.407 e. The summed E-state index contributed by atoms with van der Waals surface area (Å²) in [6.07, 6.45) is -0.388. The topological polar surface area (TPSA) is 58.6 Å². The first kappa shape index (κ1) is 8.87. The van der Waals surface area contributed by atoms with E-state index in [2.05, 4.69) is 5.32 Å². The third-order valence-corrected chi connectivity index (χ3v) is 2.30. The lowest BCUT2D eigenvalue weighted by molar-refractivity contribution is 0.177. The van der Waals surface area contributed by atoms with E-state index in [-0.39, 0.29) is 17.9 Å². The van der Waals surface area contributed by atoms with Gasteiger partial charge in [-0.25, -0.2) is 4.79 Å². The molecule has 4 nitrogen and oxygen atoms in total. The van der Waals surface area contributed by atoms with Crippen molar-refractivity contribution in [1.29, 1.82) is 0 Å². The molecule has 0 bridgehead atoms. The molecule has 4 heteroatoms. The van der Waals surface area contributed by atoms with Crippen molar-refractivity contribution in [2.75, 3.05) is 6.61 Å². The zero-order valence-electron chi connectivity index (χ0n) is 7.78. The minimum Gasteiger partial charge on any atom is -0.508 e. The number of nitrogens with one attached hydrogen (secondary N) is 1. The van der Waals surface area contributed by atoms with E-state index in [4.69, 9.17) is 4.74 Å². The molecule has 1 amide bonds. The summed E-state index contributed by atoms with van der Waals surface area (Å²) in [6.45, 7) is 2.17. The van der Waals surface area contributed by atoms with Crippen molar-refractivity contribution in [3.63, 3.8) is 0 Å². The Morgan fingerprint density at radius 3 is 2.93 bits per heavy atom. The number of carbonyl (C=O) groups is 1. The van der Waals surface area contributed by atoms with Crippen LogP contribution in [-0.4, -0.2) is 17.8 Å². The van der Waals surface area contributed by atoms with Gasteiger partial charge in [0.05, 0.1) is 6.04 Å². The van der Waals surface area contributed by atoms with Crippen molar-refractivity contribution in [3.05, 3.63) is 29.3 Å². The maximum atomic E-state index is 10.8. The molecule has 1 aliphatic heterocycles. The molecule has 74 valence electrons. The predicted molar refractivity (Wildman–Crippen MR) is 50.1 cm³/mol. The molecule has 14 heavy (non-hydrogen) atoms. The second-order valence-corrected chi connectivity index (χ2v) is 3.34. The van der Waals surface area contributed by atoms with Gasteiger partial charge in [-0.2, -0.15) is 0 Å². The fourth-order valence-electron chi connectivity index (χ4n) is 1.46. The predicted octanol–water partition coefficient (Wildman–Crippen LogP) is 1.48. The third-order valence-electron chi connectivity index (χ3n) is 2.30. The van der Waals surface area contributed by atoms with E-state index in [0.29, 0.717) is 6.61 Å².